The van der Waals surface area contributed by atoms with Crippen LogP contribution in [-0.2, 0) is 13.2 Å². The molecule has 0 spiro atoms. The van der Waals surface area contributed by atoms with Gasteiger partial charge in [0.1, 0.15) is 18.1 Å². The maximum Gasteiger partial charge on any atom is 0.253 e. The van der Waals surface area contributed by atoms with Gasteiger partial charge in [-0.3, -0.25) is 4.79 Å². The smallest absolute Gasteiger partial charge is 0.253 e. The topological polar surface area (TPSA) is 95.7 Å². The molecule has 0 saturated carbocycles. The third-order valence-corrected chi connectivity index (χ3v) is 5.22. The molecule has 1 heterocycles. The lowest BCUT2D eigenvalue weighted by Crippen LogP contribution is -2.23. The highest BCUT2D eigenvalue weighted by Crippen LogP contribution is 2.28. The van der Waals surface area contributed by atoms with Crippen molar-refractivity contribution < 1.29 is 19.0 Å². The first-order valence-electron chi connectivity index (χ1n) is 9.23. The quantitative estimate of drug-likeness (QED) is 0.512. The fraction of sp³-hybridized carbons (Fsp3) is 0.182. The van der Waals surface area contributed by atoms with E-state index in [1.807, 2.05) is 6.07 Å². The van der Waals surface area contributed by atoms with Gasteiger partial charge in [-0.15, -0.1) is 0 Å². The summed E-state index contributed by atoms with van der Waals surface area (Å²) in [4.78, 5) is 16.7. The number of nitrogen functional groups attached to an aromatic ring is 1. The zero-order valence-corrected chi connectivity index (χ0v) is 18.5. The van der Waals surface area contributed by atoms with Crippen molar-refractivity contribution in [1.82, 2.24) is 10.3 Å². The molecule has 9 heteroatoms. The summed E-state index contributed by atoms with van der Waals surface area (Å²) in [5.41, 5.74) is 7.60. The van der Waals surface area contributed by atoms with E-state index in [0.717, 1.165) is 5.56 Å². The molecular weight excluding hydrogens is 441 g/mol. The number of ether oxygens (including phenoxy) is 3. The fourth-order valence-corrected chi connectivity index (χ4v) is 3.30. The third-order valence-electron chi connectivity index (χ3n) is 4.51. The van der Waals surface area contributed by atoms with Crippen LogP contribution >= 0.6 is 23.2 Å². The van der Waals surface area contributed by atoms with Crippen molar-refractivity contribution in [3.63, 3.8) is 0 Å². The molecule has 3 aromatic rings. The molecule has 3 rings (SSSR count). The average molecular weight is 462 g/mol. The van der Waals surface area contributed by atoms with Crippen LogP contribution in [0.3, 0.4) is 0 Å². The lowest BCUT2D eigenvalue weighted by molar-refractivity contribution is 0.0950. The zero-order valence-electron chi connectivity index (χ0n) is 16.9. The van der Waals surface area contributed by atoms with Crippen LogP contribution in [0.15, 0.2) is 48.7 Å². The molecule has 0 bridgehead atoms. The van der Waals surface area contributed by atoms with Crippen LogP contribution in [0.5, 0.6) is 17.2 Å². The van der Waals surface area contributed by atoms with Crippen LogP contribution in [0.1, 0.15) is 21.5 Å². The predicted octanol–water partition coefficient (Wildman–Crippen LogP) is 4.50. The number of anilines is 1. The molecule has 2 aromatic carbocycles. The van der Waals surface area contributed by atoms with E-state index in [9.17, 15) is 4.79 Å². The number of aromatic nitrogens is 1. The molecule has 0 radical (unpaired) electrons. The first-order chi connectivity index (χ1) is 14.9. The first kappa shape index (κ1) is 22.5. The highest BCUT2D eigenvalue weighted by atomic mass is 35.5. The van der Waals surface area contributed by atoms with Gasteiger partial charge in [0.15, 0.2) is 11.6 Å². The molecule has 0 aliphatic heterocycles. The molecule has 1 amide bonds. The van der Waals surface area contributed by atoms with Crippen molar-refractivity contribution in [2.45, 2.75) is 13.2 Å². The van der Waals surface area contributed by atoms with Gasteiger partial charge < -0.3 is 25.3 Å². The van der Waals surface area contributed by atoms with Gasteiger partial charge in [-0.2, -0.15) is 0 Å². The summed E-state index contributed by atoms with van der Waals surface area (Å²) < 4.78 is 16.3. The normalized spacial score (nSPS) is 10.5. The van der Waals surface area contributed by atoms with Gasteiger partial charge in [0, 0.05) is 40.0 Å². The van der Waals surface area contributed by atoms with Crippen molar-refractivity contribution in [2.24, 2.45) is 0 Å². The van der Waals surface area contributed by atoms with E-state index in [4.69, 9.17) is 43.1 Å². The number of amides is 1. The Morgan fingerprint density at radius 2 is 1.81 bits per heavy atom. The second-order valence-electron chi connectivity index (χ2n) is 6.46. The standard InChI is InChI=1S/C22H21Cl2N3O4/c1-29-15-7-6-13(19(9-15)30-2)10-27-22(28)14-8-20(21(25)26-11-14)31-12-16-17(23)4-3-5-18(16)24/h3-9,11H,10,12H2,1-2H3,(H2,25,26)(H,27,28). The largest absolute Gasteiger partial charge is 0.497 e. The monoisotopic (exact) mass is 461 g/mol. The highest BCUT2D eigenvalue weighted by molar-refractivity contribution is 6.35. The Bertz CT molecular complexity index is 1070. The van der Waals surface area contributed by atoms with Gasteiger partial charge in [-0.1, -0.05) is 29.3 Å². The number of nitrogens with zero attached hydrogens (tertiary/aromatic N) is 1. The van der Waals surface area contributed by atoms with Gasteiger partial charge in [0.05, 0.1) is 19.8 Å². The summed E-state index contributed by atoms with van der Waals surface area (Å²) in [5, 5.41) is 3.77. The van der Waals surface area contributed by atoms with Gasteiger partial charge in [-0.25, -0.2) is 4.98 Å². The Labute approximate surface area is 190 Å². The number of methoxy groups -OCH3 is 2. The first-order valence-corrected chi connectivity index (χ1v) is 9.98. The van der Waals surface area contributed by atoms with E-state index in [-0.39, 0.29) is 30.6 Å². The summed E-state index contributed by atoms with van der Waals surface area (Å²) in [6.45, 7) is 0.334. The van der Waals surface area contributed by atoms with Crippen LogP contribution in [0, 0.1) is 0 Å². The second kappa shape index (κ2) is 10.2. The number of carbonyl (C=O) groups excluding carboxylic acids is 1. The molecule has 0 aliphatic rings. The molecule has 7 nitrogen and oxygen atoms in total. The maximum absolute atomic E-state index is 12.6. The molecule has 0 atom stereocenters. The molecule has 0 unspecified atom stereocenters. The Morgan fingerprint density at radius 3 is 2.48 bits per heavy atom. The van der Waals surface area contributed by atoms with Crippen LogP contribution in [0.2, 0.25) is 10.0 Å². The van der Waals surface area contributed by atoms with E-state index < -0.39 is 0 Å². The third kappa shape index (κ3) is 5.51. The Balaban J connectivity index is 1.70. The van der Waals surface area contributed by atoms with E-state index in [1.165, 1.54) is 12.3 Å². The summed E-state index contributed by atoms with van der Waals surface area (Å²) in [6, 6.07) is 12.1. The molecule has 0 aliphatic carbocycles. The zero-order chi connectivity index (χ0) is 22.4. The molecule has 0 fully saturated rings. The second-order valence-corrected chi connectivity index (χ2v) is 7.27. The Hall–Kier alpha value is -3.16. The Morgan fingerprint density at radius 1 is 1.06 bits per heavy atom. The van der Waals surface area contributed by atoms with Crippen molar-refractivity contribution in [2.75, 3.05) is 20.0 Å². The average Bonchev–Trinajstić information content (AvgIpc) is 2.78. The number of pyridine rings is 1. The highest BCUT2D eigenvalue weighted by Gasteiger charge is 2.14. The number of carbonyl (C=O) groups is 1. The van der Waals surface area contributed by atoms with E-state index in [0.29, 0.717) is 32.7 Å². The minimum atomic E-state index is -0.342. The minimum Gasteiger partial charge on any atom is -0.497 e. The number of hydrogen-bond acceptors (Lipinski definition) is 6. The van der Waals surface area contributed by atoms with Crippen molar-refractivity contribution >= 4 is 34.9 Å². The maximum atomic E-state index is 12.6. The summed E-state index contributed by atoms with van der Waals surface area (Å²) in [5.74, 6) is 1.33. The molecule has 162 valence electrons. The van der Waals surface area contributed by atoms with Crippen molar-refractivity contribution in [3.05, 3.63) is 75.4 Å². The molecular formula is C22H21Cl2N3O4. The SMILES string of the molecule is COc1ccc(CNC(=O)c2cnc(N)c(OCc3c(Cl)cccc3Cl)c2)c(OC)c1. The number of hydrogen-bond donors (Lipinski definition) is 2. The number of halogens is 2. The van der Waals surface area contributed by atoms with Crippen LogP contribution in [0.25, 0.3) is 0 Å². The van der Waals surface area contributed by atoms with E-state index in [2.05, 4.69) is 10.3 Å². The number of benzene rings is 2. The number of nitrogens with two attached hydrogens (primary N) is 1. The van der Waals surface area contributed by atoms with Crippen molar-refractivity contribution in [3.8, 4) is 17.2 Å². The number of rotatable bonds is 8. The van der Waals surface area contributed by atoms with Crippen molar-refractivity contribution in [1.29, 1.82) is 0 Å². The van der Waals surface area contributed by atoms with Gasteiger partial charge in [0.25, 0.3) is 5.91 Å². The summed E-state index contributed by atoms with van der Waals surface area (Å²) in [7, 11) is 3.13. The minimum absolute atomic E-state index is 0.0819. The van der Waals surface area contributed by atoms with E-state index >= 15 is 0 Å². The van der Waals surface area contributed by atoms with Gasteiger partial charge in [-0.05, 0) is 30.3 Å². The summed E-state index contributed by atoms with van der Waals surface area (Å²) in [6.07, 6.45) is 1.38. The van der Waals surface area contributed by atoms with Crippen LogP contribution in [0.4, 0.5) is 5.82 Å². The molecule has 0 saturated heterocycles. The molecule has 31 heavy (non-hydrogen) atoms. The van der Waals surface area contributed by atoms with Crippen LogP contribution < -0.4 is 25.3 Å². The lowest BCUT2D eigenvalue weighted by atomic mass is 10.1. The fourth-order valence-electron chi connectivity index (χ4n) is 2.79. The van der Waals surface area contributed by atoms with E-state index in [1.54, 1.807) is 44.6 Å². The van der Waals surface area contributed by atoms with Crippen LogP contribution in [-0.4, -0.2) is 25.1 Å². The number of nitrogens with one attached hydrogen (secondary N) is 1. The lowest BCUT2D eigenvalue weighted by Gasteiger charge is -2.13. The predicted molar refractivity (Wildman–Crippen MR) is 120 cm³/mol. The Kier molecular flexibility index (Phi) is 7.44. The van der Waals surface area contributed by atoms with Gasteiger partial charge >= 0.3 is 0 Å². The van der Waals surface area contributed by atoms with Gasteiger partial charge in [0.2, 0.25) is 0 Å². The molecule has 1 aromatic heterocycles. The molecule has 3 N–H and O–H groups in total. The summed E-state index contributed by atoms with van der Waals surface area (Å²) >= 11 is 12.3.